The Bertz CT molecular complexity index is 1060. The normalized spacial score (nSPS) is 13.1. The fourth-order valence-electron chi connectivity index (χ4n) is 2.92. The Kier molecular flexibility index (Phi) is 4.74. The molecule has 8 nitrogen and oxygen atoms in total. The van der Waals surface area contributed by atoms with Crippen LogP contribution >= 0.6 is 11.3 Å². The average molecular weight is 396 g/mol. The molecule has 3 aromatic rings. The van der Waals surface area contributed by atoms with Gasteiger partial charge in [-0.05, 0) is 36.1 Å². The van der Waals surface area contributed by atoms with E-state index in [9.17, 15) is 14.4 Å². The second kappa shape index (κ2) is 7.35. The molecular formula is C19H16N4O4S. The first-order valence-corrected chi connectivity index (χ1v) is 9.53. The number of benzene rings is 1. The van der Waals surface area contributed by atoms with Gasteiger partial charge < -0.3 is 9.84 Å². The average Bonchev–Trinajstić information content (AvgIpc) is 3.41. The van der Waals surface area contributed by atoms with Gasteiger partial charge in [0.1, 0.15) is 0 Å². The van der Waals surface area contributed by atoms with Crippen LogP contribution in [0.3, 0.4) is 0 Å². The van der Waals surface area contributed by atoms with Crippen molar-refractivity contribution in [3.63, 3.8) is 0 Å². The molecule has 0 unspecified atom stereocenters. The Morgan fingerprint density at radius 2 is 2.04 bits per heavy atom. The number of nitrogens with zero attached hydrogens (tertiary/aromatic N) is 3. The Balaban J connectivity index is 1.31. The maximum Gasteiger partial charge on any atom is 0.261 e. The van der Waals surface area contributed by atoms with E-state index in [0.29, 0.717) is 41.4 Å². The van der Waals surface area contributed by atoms with Crippen LogP contribution < -0.4 is 5.32 Å². The van der Waals surface area contributed by atoms with Gasteiger partial charge in [0.05, 0.1) is 16.0 Å². The molecule has 0 saturated heterocycles. The molecule has 0 atom stereocenters. The highest BCUT2D eigenvalue weighted by atomic mass is 32.1. The van der Waals surface area contributed by atoms with Crippen LogP contribution in [0.4, 0.5) is 5.69 Å². The SMILES string of the molecule is CN1C(=O)c2ccc(NC(=O)CCCc3nc(-c4cccs4)no3)cc2C1=O. The van der Waals surface area contributed by atoms with E-state index in [1.54, 1.807) is 12.1 Å². The van der Waals surface area contributed by atoms with E-state index in [-0.39, 0.29) is 24.1 Å². The van der Waals surface area contributed by atoms with Crippen molar-refractivity contribution in [3.05, 3.63) is 52.7 Å². The molecule has 0 aliphatic carbocycles. The number of nitrogens with one attached hydrogen (secondary N) is 1. The number of hydrogen-bond acceptors (Lipinski definition) is 7. The third-order valence-corrected chi connectivity index (χ3v) is 5.24. The third-order valence-electron chi connectivity index (χ3n) is 4.38. The molecule has 0 radical (unpaired) electrons. The first-order valence-electron chi connectivity index (χ1n) is 8.65. The van der Waals surface area contributed by atoms with Crippen LogP contribution in [0.5, 0.6) is 0 Å². The highest BCUT2D eigenvalue weighted by Crippen LogP contribution is 2.25. The van der Waals surface area contributed by atoms with Crippen molar-refractivity contribution in [2.75, 3.05) is 12.4 Å². The molecular weight excluding hydrogens is 380 g/mol. The number of amides is 3. The summed E-state index contributed by atoms with van der Waals surface area (Å²) in [5, 5.41) is 8.63. The molecule has 9 heteroatoms. The van der Waals surface area contributed by atoms with Crippen LogP contribution in [0.15, 0.2) is 40.2 Å². The molecule has 0 spiro atoms. The molecule has 1 aliphatic heterocycles. The van der Waals surface area contributed by atoms with Gasteiger partial charge in [-0.25, -0.2) is 0 Å². The molecule has 0 saturated carbocycles. The van der Waals surface area contributed by atoms with Crippen LogP contribution in [0.25, 0.3) is 10.7 Å². The Hall–Kier alpha value is -3.33. The minimum Gasteiger partial charge on any atom is -0.339 e. The van der Waals surface area contributed by atoms with Crippen LogP contribution in [0.1, 0.15) is 39.4 Å². The number of hydrogen-bond donors (Lipinski definition) is 1. The van der Waals surface area contributed by atoms with Crippen molar-refractivity contribution in [1.29, 1.82) is 0 Å². The smallest absolute Gasteiger partial charge is 0.261 e. The van der Waals surface area contributed by atoms with E-state index in [1.807, 2.05) is 17.5 Å². The first kappa shape index (κ1) is 18.1. The topological polar surface area (TPSA) is 105 Å². The van der Waals surface area contributed by atoms with Crippen LogP contribution in [-0.2, 0) is 11.2 Å². The molecule has 3 heterocycles. The van der Waals surface area contributed by atoms with E-state index >= 15 is 0 Å². The molecule has 2 aromatic heterocycles. The summed E-state index contributed by atoms with van der Waals surface area (Å²) in [6, 6.07) is 8.54. The van der Waals surface area contributed by atoms with Gasteiger partial charge in [0.2, 0.25) is 17.6 Å². The van der Waals surface area contributed by atoms with Crippen molar-refractivity contribution in [2.45, 2.75) is 19.3 Å². The number of fused-ring (bicyclic) bond motifs is 1. The lowest BCUT2D eigenvalue weighted by molar-refractivity contribution is -0.116. The summed E-state index contributed by atoms with van der Waals surface area (Å²) in [5.74, 6) is 0.147. The second-order valence-electron chi connectivity index (χ2n) is 6.32. The van der Waals surface area contributed by atoms with Gasteiger partial charge in [0, 0.05) is 25.6 Å². The molecule has 3 amide bonds. The van der Waals surface area contributed by atoms with Crippen molar-refractivity contribution in [1.82, 2.24) is 15.0 Å². The summed E-state index contributed by atoms with van der Waals surface area (Å²) in [7, 11) is 1.43. The highest BCUT2D eigenvalue weighted by molar-refractivity contribution is 7.13. The quantitative estimate of drug-likeness (QED) is 0.642. The highest BCUT2D eigenvalue weighted by Gasteiger charge is 2.32. The number of imide groups is 1. The lowest BCUT2D eigenvalue weighted by Gasteiger charge is -2.05. The van der Waals surface area contributed by atoms with E-state index in [2.05, 4.69) is 15.5 Å². The maximum atomic E-state index is 12.2. The zero-order valence-electron chi connectivity index (χ0n) is 15.0. The summed E-state index contributed by atoms with van der Waals surface area (Å²) in [5.41, 5.74) is 1.14. The largest absolute Gasteiger partial charge is 0.339 e. The summed E-state index contributed by atoms with van der Waals surface area (Å²) in [4.78, 5) is 42.4. The lowest BCUT2D eigenvalue weighted by Crippen LogP contribution is -2.24. The fourth-order valence-corrected chi connectivity index (χ4v) is 3.57. The van der Waals surface area contributed by atoms with Crippen LogP contribution in [-0.4, -0.2) is 39.8 Å². The number of rotatable bonds is 6. The van der Waals surface area contributed by atoms with Gasteiger partial charge in [0.15, 0.2) is 0 Å². The van der Waals surface area contributed by atoms with E-state index in [4.69, 9.17) is 4.52 Å². The number of anilines is 1. The summed E-state index contributed by atoms with van der Waals surface area (Å²) >= 11 is 1.53. The molecule has 0 fully saturated rings. The standard InChI is InChI=1S/C19H16N4O4S/c1-23-18(25)12-8-7-11(10-13(12)19(23)26)20-15(24)5-2-6-16-21-17(22-27-16)14-4-3-9-28-14/h3-4,7-10H,2,5-6H2,1H3,(H,20,24). The summed E-state index contributed by atoms with van der Waals surface area (Å²) in [6.07, 6.45) is 1.30. The zero-order chi connectivity index (χ0) is 19.7. The Morgan fingerprint density at radius 3 is 2.82 bits per heavy atom. The number of carbonyl (C=O) groups excluding carboxylic acids is 3. The van der Waals surface area contributed by atoms with Gasteiger partial charge in [-0.2, -0.15) is 4.98 Å². The Morgan fingerprint density at radius 1 is 1.21 bits per heavy atom. The molecule has 1 aliphatic rings. The molecule has 142 valence electrons. The van der Waals surface area contributed by atoms with Gasteiger partial charge in [0.25, 0.3) is 11.8 Å². The molecule has 4 rings (SSSR count). The monoisotopic (exact) mass is 396 g/mol. The second-order valence-corrected chi connectivity index (χ2v) is 7.27. The molecule has 1 aromatic carbocycles. The predicted molar refractivity (Wildman–Crippen MR) is 102 cm³/mol. The van der Waals surface area contributed by atoms with E-state index < -0.39 is 0 Å². The summed E-state index contributed by atoms with van der Waals surface area (Å²) in [6.45, 7) is 0. The first-order chi connectivity index (χ1) is 13.5. The Labute approximate surface area is 164 Å². The lowest BCUT2D eigenvalue weighted by atomic mass is 10.1. The fraction of sp³-hybridized carbons (Fsp3) is 0.211. The third kappa shape index (κ3) is 3.44. The van der Waals surface area contributed by atoms with Gasteiger partial charge in [-0.3, -0.25) is 19.3 Å². The van der Waals surface area contributed by atoms with Crippen molar-refractivity contribution < 1.29 is 18.9 Å². The summed E-state index contributed by atoms with van der Waals surface area (Å²) < 4.78 is 5.21. The van der Waals surface area contributed by atoms with Crippen LogP contribution in [0, 0.1) is 0 Å². The maximum absolute atomic E-state index is 12.2. The number of carbonyl (C=O) groups is 3. The molecule has 0 bridgehead atoms. The van der Waals surface area contributed by atoms with Crippen molar-refractivity contribution >= 4 is 34.7 Å². The number of aryl methyl sites for hydroxylation is 1. The minimum absolute atomic E-state index is 0.192. The van der Waals surface area contributed by atoms with Crippen molar-refractivity contribution in [2.24, 2.45) is 0 Å². The minimum atomic E-state index is -0.367. The van der Waals surface area contributed by atoms with Gasteiger partial charge in [-0.1, -0.05) is 11.2 Å². The van der Waals surface area contributed by atoms with E-state index in [1.165, 1.54) is 24.5 Å². The van der Waals surface area contributed by atoms with Gasteiger partial charge >= 0.3 is 0 Å². The van der Waals surface area contributed by atoms with Crippen LogP contribution in [0.2, 0.25) is 0 Å². The van der Waals surface area contributed by atoms with E-state index in [0.717, 1.165) is 9.78 Å². The predicted octanol–water partition coefficient (Wildman–Crippen LogP) is 2.99. The molecule has 28 heavy (non-hydrogen) atoms. The van der Waals surface area contributed by atoms with Crippen molar-refractivity contribution in [3.8, 4) is 10.7 Å². The molecule has 1 N–H and O–H groups in total. The zero-order valence-corrected chi connectivity index (χ0v) is 15.8. The van der Waals surface area contributed by atoms with Gasteiger partial charge in [-0.15, -0.1) is 11.3 Å². The number of thiophene rings is 1. The number of aromatic nitrogens is 2.